The fraction of sp³-hybridized carbons (Fsp3) is 0.750. The molecule has 7 nitrogen and oxygen atoms in total. The molecule has 1 fully saturated rings. The third kappa shape index (κ3) is 3.92. The van der Waals surface area contributed by atoms with Crippen molar-refractivity contribution in [1.82, 2.24) is 15.0 Å². The van der Waals surface area contributed by atoms with E-state index in [1.165, 1.54) is 0 Å². The number of hydrogen-bond acceptors (Lipinski definition) is 7. The number of ether oxygens (including phenoxy) is 2. The molecule has 1 aromatic rings. The second kappa shape index (κ2) is 6.51. The smallest absolute Gasteiger partial charge is 0.323 e. The van der Waals surface area contributed by atoms with Crippen LogP contribution in [0.1, 0.15) is 13.8 Å². The summed E-state index contributed by atoms with van der Waals surface area (Å²) in [5, 5.41) is 2.93. The molecule has 1 N–H and O–H groups in total. The molecule has 2 rings (SSSR count). The fourth-order valence-electron chi connectivity index (χ4n) is 1.67. The van der Waals surface area contributed by atoms with Gasteiger partial charge in [0.25, 0.3) is 0 Å². The molecule has 106 valence electrons. The highest BCUT2D eigenvalue weighted by atomic mass is 16.5. The lowest BCUT2D eigenvalue weighted by Crippen LogP contribution is -2.37. The van der Waals surface area contributed by atoms with Crippen LogP contribution in [-0.4, -0.2) is 54.9 Å². The summed E-state index contributed by atoms with van der Waals surface area (Å²) in [6.45, 7) is 7.74. The van der Waals surface area contributed by atoms with Gasteiger partial charge in [-0.25, -0.2) is 0 Å². The molecule has 0 aromatic carbocycles. The van der Waals surface area contributed by atoms with E-state index >= 15 is 0 Å². The molecule has 1 aliphatic heterocycles. The van der Waals surface area contributed by atoms with Crippen molar-refractivity contribution in [2.45, 2.75) is 13.8 Å². The van der Waals surface area contributed by atoms with E-state index < -0.39 is 0 Å². The van der Waals surface area contributed by atoms with Gasteiger partial charge in [-0.1, -0.05) is 13.8 Å². The maximum absolute atomic E-state index is 5.58. The molecule has 2 heterocycles. The molecular formula is C12H21N5O2. The van der Waals surface area contributed by atoms with Gasteiger partial charge in [0.05, 0.1) is 19.8 Å². The quantitative estimate of drug-likeness (QED) is 0.845. The molecule has 0 bridgehead atoms. The first-order chi connectivity index (χ1) is 9.19. The monoisotopic (exact) mass is 267 g/mol. The number of aromatic nitrogens is 3. The van der Waals surface area contributed by atoms with Crippen LogP contribution in [0.4, 0.5) is 11.9 Å². The number of anilines is 2. The molecule has 7 heteroatoms. The van der Waals surface area contributed by atoms with Crippen molar-refractivity contribution in [2.75, 3.05) is 50.2 Å². The summed E-state index contributed by atoms with van der Waals surface area (Å²) in [4.78, 5) is 15.0. The molecule has 0 radical (unpaired) electrons. The highest BCUT2D eigenvalue weighted by Gasteiger charge is 2.16. The average molecular weight is 267 g/mol. The minimum Gasteiger partial charge on any atom is -0.463 e. The van der Waals surface area contributed by atoms with E-state index in [4.69, 9.17) is 9.47 Å². The molecule has 0 saturated carbocycles. The van der Waals surface area contributed by atoms with Crippen molar-refractivity contribution < 1.29 is 9.47 Å². The fourth-order valence-corrected chi connectivity index (χ4v) is 1.67. The largest absolute Gasteiger partial charge is 0.463 e. The molecular weight excluding hydrogens is 246 g/mol. The van der Waals surface area contributed by atoms with Gasteiger partial charge in [0, 0.05) is 20.1 Å². The molecule has 0 aliphatic carbocycles. The first kappa shape index (κ1) is 13.8. The van der Waals surface area contributed by atoms with E-state index in [9.17, 15) is 0 Å². The highest BCUT2D eigenvalue weighted by molar-refractivity contribution is 5.38. The third-order valence-electron chi connectivity index (χ3n) is 2.67. The van der Waals surface area contributed by atoms with Crippen molar-refractivity contribution in [3.05, 3.63) is 0 Å². The van der Waals surface area contributed by atoms with Gasteiger partial charge in [-0.2, -0.15) is 15.0 Å². The topological polar surface area (TPSA) is 72.4 Å². The van der Waals surface area contributed by atoms with Gasteiger partial charge < -0.3 is 19.7 Å². The number of nitrogens with one attached hydrogen (secondary N) is 1. The van der Waals surface area contributed by atoms with Crippen molar-refractivity contribution in [3.8, 4) is 6.01 Å². The third-order valence-corrected chi connectivity index (χ3v) is 2.67. The number of morpholine rings is 1. The zero-order valence-electron chi connectivity index (χ0n) is 11.7. The molecule has 0 atom stereocenters. The highest BCUT2D eigenvalue weighted by Crippen LogP contribution is 2.16. The van der Waals surface area contributed by atoms with Gasteiger partial charge in [0.15, 0.2) is 0 Å². The lowest BCUT2D eigenvalue weighted by atomic mass is 10.2. The lowest BCUT2D eigenvalue weighted by Gasteiger charge is -2.26. The van der Waals surface area contributed by atoms with Crippen LogP contribution in [0.25, 0.3) is 0 Å². The minimum absolute atomic E-state index is 0.370. The van der Waals surface area contributed by atoms with E-state index in [0.29, 0.717) is 43.6 Å². The Balaban J connectivity index is 2.14. The van der Waals surface area contributed by atoms with Crippen LogP contribution >= 0.6 is 0 Å². The summed E-state index contributed by atoms with van der Waals surface area (Å²) in [5.41, 5.74) is 0. The van der Waals surface area contributed by atoms with Crippen LogP contribution in [0.2, 0.25) is 0 Å². The second-order valence-electron chi connectivity index (χ2n) is 4.80. The molecule has 1 aromatic heterocycles. The summed E-state index contributed by atoms with van der Waals surface area (Å²) < 4.78 is 10.9. The average Bonchev–Trinajstić information content (AvgIpc) is 2.45. The number of hydrogen-bond donors (Lipinski definition) is 1. The Bertz CT molecular complexity index is 407. The Kier molecular flexibility index (Phi) is 4.73. The predicted octanol–water partition coefficient (Wildman–Crippen LogP) is 0.785. The minimum atomic E-state index is 0.370. The van der Waals surface area contributed by atoms with Crippen LogP contribution < -0.4 is 15.0 Å². The van der Waals surface area contributed by atoms with Crippen LogP contribution in [0, 0.1) is 5.92 Å². The Labute approximate surface area is 113 Å². The van der Waals surface area contributed by atoms with Crippen molar-refractivity contribution in [1.29, 1.82) is 0 Å². The normalized spacial score (nSPS) is 15.7. The van der Waals surface area contributed by atoms with E-state index in [2.05, 4.69) is 39.0 Å². The van der Waals surface area contributed by atoms with E-state index in [0.717, 1.165) is 13.1 Å². The van der Waals surface area contributed by atoms with E-state index in [-0.39, 0.29) is 0 Å². The summed E-state index contributed by atoms with van der Waals surface area (Å²) in [7, 11) is 1.78. The Morgan fingerprint density at radius 2 is 2.00 bits per heavy atom. The number of nitrogens with zero attached hydrogens (tertiary/aromatic N) is 4. The molecule has 19 heavy (non-hydrogen) atoms. The summed E-state index contributed by atoms with van der Waals surface area (Å²) in [6, 6.07) is 0.370. The Morgan fingerprint density at radius 3 is 2.63 bits per heavy atom. The number of rotatable bonds is 5. The van der Waals surface area contributed by atoms with Gasteiger partial charge in [-0.05, 0) is 5.92 Å². The van der Waals surface area contributed by atoms with E-state index in [1.54, 1.807) is 7.05 Å². The predicted molar refractivity (Wildman–Crippen MR) is 72.7 cm³/mol. The molecule has 0 amide bonds. The van der Waals surface area contributed by atoms with E-state index in [1.807, 2.05) is 0 Å². The Morgan fingerprint density at radius 1 is 1.26 bits per heavy atom. The molecule has 1 saturated heterocycles. The van der Waals surface area contributed by atoms with Gasteiger partial charge in [0.2, 0.25) is 11.9 Å². The maximum Gasteiger partial charge on any atom is 0.323 e. The van der Waals surface area contributed by atoms with Crippen molar-refractivity contribution in [2.24, 2.45) is 5.92 Å². The van der Waals surface area contributed by atoms with Crippen molar-refractivity contribution >= 4 is 11.9 Å². The first-order valence-electron chi connectivity index (χ1n) is 6.58. The zero-order chi connectivity index (χ0) is 13.7. The zero-order valence-corrected chi connectivity index (χ0v) is 11.7. The summed E-state index contributed by atoms with van der Waals surface area (Å²) in [6.07, 6.45) is 0. The van der Waals surface area contributed by atoms with Gasteiger partial charge in [0.1, 0.15) is 0 Å². The Hall–Kier alpha value is -1.63. The second-order valence-corrected chi connectivity index (χ2v) is 4.80. The lowest BCUT2D eigenvalue weighted by molar-refractivity contribution is 0.122. The van der Waals surface area contributed by atoms with Gasteiger partial charge in [-0.15, -0.1) is 0 Å². The van der Waals surface area contributed by atoms with Crippen LogP contribution in [-0.2, 0) is 4.74 Å². The van der Waals surface area contributed by atoms with Crippen LogP contribution in [0.15, 0.2) is 0 Å². The molecule has 0 spiro atoms. The summed E-state index contributed by atoms with van der Waals surface area (Å²) >= 11 is 0. The van der Waals surface area contributed by atoms with Crippen LogP contribution in [0.3, 0.4) is 0 Å². The summed E-state index contributed by atoms with van der Waals surface area (Å²) in [5.74, 6) is 1.60. The SMILES string of the molecule is CNc1nc(OCC(C)C)nc(N2CCOCC2)n1. The maximum atomic E-state index is 5.58. The first-order valence-corrected chi connectivity index (χ1v) is 6.58. The van der Waals surface area contributed by atoms with Gasteiger partial charge in [-0.3, -0.25) is 0 Å². The van der Waals surface area contributed by atoms with Gasteiger partial charge >= 0.3 is 6.01 Å². The standard InChI is InChI=1S/C12H21N5O2/c1-9(2)8-19-12-15-10(13-3)14-11(16-12)17-4-6-18-7-5-17/h9H,4-8H2,1-3H3,(H,13,14,15,16). The molecule has 0 unspecified atom stereocenters. The van der Waals surface area contributed by atoms with Crippen LogP contribution in [0.5, 0.6) is 6.01 Å². The van der Waals surface area contributed by atoms with Crippen molar-refractivity contribution in [3.63, 3.8) is 0 Å². The molecule has 1 aliphatic rings.